The van der Waals surface area contributed by atoms with Crippen molar-refractivity contribution in [1.29, 1.82) is 0 Å². The van der Waals surface area contributed by atoms with Crippen LogP contribution in [0.15, 0.2) is 51.9 Å². The molecule has 17 heavy (non-hydrogen) atoms. The summed E-state index contributed by atoms with van der Waals surface area (Å²) in [6, 6.07) is 8.89. The van der Waals surface area contributed by atoms with Crippen LogP contribution in [0.3, 0.4) is 0 Å². The Balaban J connectivity index is 1.99. The number of benzene rings is 1. The minimum atomic E-state index is -2.19. The number of fused-ring (bicyclic) bond motifs is 1. The summed E-state index contributed by atoms with van der Waals surface area (Å²) in [7, 11) is 0. The van der Waals surface area contributed by atoms with Crippen LogP contribution in [0.1, 0.15) is 21.2 Å². The number of hydrogen-bond donors (Lipinski definition) is 0. The van der Waals surface area contributed by atoms with E-state index in [0.717, 1.165) is 3.63 Å². The van der Waals surface area contributed by atoms with E-state index in [1.54, 1.807) is 8.84 Å². The van der Waals surface area contributed by atoms with Crippen molar-refractivity contribution in [2.45, 2.75) is 19.3 Å². The second-order valence-electron chi connectivity index (χ2n) is 5.51. The van der Waals surface area contributed by atoms with Crippen LogP contribution in [0.5, 0.6) is 0 Å². The fourth-order valence-electron chi connectivity index (χ4n) is 3.00. The molecule has 0 saturated heterocycles. The van der Waals surface area contributed by atoms with Gasteiger partial charge in [0.2, 0.25) is 0 Å². The first-order chi connectivity index (χ1) is 8.19. The molecule has 0 heterocycles. The molecule has 0 nitrogen and oxygen atoms in total. The van der Waals surface area contributed by atoms with Gasteiger partial charge in [0.05, 0.1) is 0 Å². The average Bonchev–Trinajstić information content (AvgIpc) is 2.99. The van der Waals surface area contributed by atoms with Gasteiger partial charge in [0, 0.05) is 0 Å². The van der Waals surface area contributed by atoms with E-state index in [1.807, 2.05) is 0 Å². The third-order valence-electron chi connectivity index (χ3n) is 4.18. The Kier molecular flexibility index (Phi) is 2.83. The Labute approximate surface area is 108 Å². The van der Waals surface area contributed by atoms with E-state index in [2.05, 4.69) is 63.9 Å². The first-order valence-corrected chi connectivity index (χ1v) is 13.9. The number of rotatable bonds is 2. The SMILES string of the molecule is [CH3][Zr]([CH3])([C]1=CC=CC1)[CH]1C=Cc2ccccc21. The molecule has 1 heteroatoms. The third kappa shape index (κ3) is 1.85. The van der Waals surface area contributed by atoms with Gasteiger partial charge in [0.15, 0.2) is 0 Å². The van der Waals surface area contributed by atoms with Gasteiger partial charge in [-0.3, -0.25) is 0 Å². The topological polar surface area (TPSA) is 0 Å². The zero-order chi connectivity index (χ0) is 11.9. The molecule has 2 aliphatic carbocycles. The summed E-state index contributed by atoms with van der Waals surface area (Å²) in [6.45, 7) is 0. The van der Waals surface area contributed by atoms with Crippen LogP contribution >= 0.6 is 0 Å². The molecule has 3 rings (SSSR count). The number of hydrogen-bond acceptors (Lipinski definition) is 0. The Hall–Kier alpha value is -0.677. The van der Waals surface area contributed by atoms with Crippen molar-refractivity contribution in [1.82, 2.24) is 0 Å². The molecule has 1 aromatic carbocycles. The maximum atomic E-state index is 2.57. The minimum absolute atomic E-state index is 0.728. The molecule has 0 amide bonds. The van der Waals surface area contributed by atoms with E-state index in [0.29, 0.717) is 0 Å². The van der Waals surface area contributed by atoms with Gasteiger partial charge in [-0.15, -0.1) is 0 Å². The molecule has 86 valence electrons. The van der Waals surface area contributed by atoms with Gasteiger partial charge in [0.1, 0.15) is 0 Å². The van der Waals surface area contributed by atoms with Crippen molar-refractivity contribution in [3.63, 3.8) is 0 Å². The van der Waals surface area contributed by atoms with Gasteiger partial charge < -0.3 is 0 Å². The van der Waals surface area contributed by atoms with Crippen LogP contribution in [0.4, 0.5) is 0 Å². The Morgan fingerprint density at radius 2 is 2.00 bits per heavy atom. The first-order valence-electron chi connectivity index (χ1n) is 6.33. The molecule has 0 aromatic heterocycles. The van der Waals surface area contributed by atoms with Gasteiger partial charge >= 0.3 is 109 Å². The zero-order valence-electron chi connectivity index (χ0n) is 10.5. The van der Waals surface area contributed by atoms with Crippen molar-refractivity contribution in [2.75, 3.05) is 0 Å². The first kappa shape index (κ1) is 11.4. The number of allylic oxidation sites excluding steroid dienone is 5. The molecule has 0 radical (unpaired) electrons. The summed E-state index contributed by atoms with van der Waals surface area (Å²) >= 11 is -2.19. The van der Waals surface area contributed by atoms with E-state index in [9.17, 15) is 0 Å². The van der Waals surface area contributed by atoms with E-state index in [-0.39, 0.29) is 0 Å². The summed E-state index contributed by atoms with van der Waals surface area (Å²) in [5.74, 6) is 0. The predicted octanol–water partition coefficient (Wildman–Crippen LogP) is 4.85. The molecular formula is C16H18Zr. The van der Waals surface area contributed by atoms with Gasteiger partial charge in [-0.25, -0.2) is 0 Å². The van der Waals surface area contributed by atoms with Crippen LogP contribution in [-0.2, 0) is 20.3 Å². The summed E-state index contributed by atoms with van der Waals surface area (Å²) < 4.78 is 7.63. The standard InChI is InChI=1S/C9H7.C5H5.2CH3.Zr/c1-2-5-9-7-3-6-8(9)4-1;1-2-4-5-3-1;;;/h1-7H;1-3H,4H2;2*1H3;. The fraction of sp³-hybridized carbons (Fsp3) is 0.250. The average molecular weight is 302 g/mol. The Morgan fingerprint density at radius 3 is 2.76 bits per heavy atom. The van der Waals surface area contributed by atoms with Crippen molar-refractivity contribution >= 4 is 6.08 Å². The van der Waals surface area contributed by atoms with Gasteiger partial charge in [-0.1, -0.05) is 0 Å². The second kappa shape index (κ2) is 4.21. The second-order valence-corrected chi connectivity index (χ2v) is 17.1. The van der Waals surface area contributed by atoms with Crippen molar-refractivity contribution in [3.8, 4) is 0 Å². The van der Waals surface area contributed by atoms with Crippen molar-refractivity contribution in [3.05, 3.63) is 63.0 Å². The van der Waals surface area contributed by atoms with E-state index < -0.39 is 20.3 Å². The van der Waals surface area contributed by atoms with Crippen molar-refractivity contribution < 1.29 is 20.3 Å². The van der Waals surface area contributed by atoms with E-state index >= 15 is 0 Å². The van der Waals surface area contributed by atoms with E-state index in [1.165, 1.54) is 12.0 Å². The van der Waals surface area contributed by atoms with Crippen LogP contribution in [0.2, 0.25) is 9.26 Å². The zero-order valence-corrected chi connectivity index (χ0v) is 12.9. The van der Waals surface area contributed by atoms with Gasteiger partial charge in [-0.05, 0) is 0 Å². The quantitative estimate of drug-likeness (QED) is 0.732. The summed E-state index contributed by atoms with van der Waals surface area (Å²) in [6.07, 6.45) is 12.9. The molecular weight excluding hydrogens is 283 g/mol. The summed E-state index contributed by atoms with van der Waals surface area (Å²) in [4.78, 5) is 0. The molecule has 0 spiro atoms. The van der Waals surface area contributed by atoms with E-state index in [4.69, 9.17) is 0 Å². The molecule has 1 atom stereocenters. The van der Waals surface area contributed by atoms with Crippen molar-refractivity contribution in [2.24, 2.45) is 0 Å². The molecule has 1 unspecified atom stereocenters. The monoisotopic (exact) mass is 300 g/mol. The predicted molar refractivity (Wildman–Crippen MR) is 71.8 cm³/mol. The van der Waals surface area contributed by atoms with Crippen LogP contribution in [0.25, 0.3) is 6.08 Å². The molecule has 0 bridgehead atoms. The molecule has 0 aliphatic heterocycles. The normalized spacial score (nSPS) is 21.8. The molecule has 2 aliphatic rings. The maximum absolute atomic E-state index is 2.57. The molecule has 1 aromatic rings. The Bertz CT molecular complexity index is 532. The summed E-state index contributed by atoms with van der Waals surface area (Å²) in [5, 5.41) is 0. The van der Waals surface area contributed by atoms with Crippen LogP contribution in [-0.4, -0.2) is 0 Å². The van der Waals surface area contributed by atoms with Gasteiger partial charge in [0.25, 0.3) is 0 Å². The van der Waals surface area contributed by atoms with Crippen LogP contribution < -0.4 is 0 Å². The fourth-order valence-corrected chi connectivity index (χ4v) is 10.8. The molecule has 0 saturated carbocycles. The summed E-state index contributed by atoms with van der Waals surface area (Å²) in [5.41, 5.74) is 3.01. The van der Waals surface area contributed by atoms with Gasteiger partial charge in [-0.2, -0.15) is 0 Å². The molecule has 0 fully saturated rings. The van der Waals surface area contributed by atoms with Crippen LogP contribution in [0, 0.1) is 0 Å². The Morgan fingerprint density at radius 1 is 1.18 bits per heavy atom. The third-order valence-corrected chi connectivity index (χ3v) is 14.2. The molecule has 0 N–H and O–H groups in total.